The predicted octanol–water partition coefficient (Wildman–Crippen LogP) is 2.39. The van der Waals surface area contributed by atoms with Crippen LogP contribution in [0.5, 0.6) is 0 Å². The summed E-state index contributed by atoms with van der Waals surface area (Å²) in [4.78, 5) is 28.7. The highest BCUT2D eigenvalue weighted by atomic mass is 16.5. The average molecular weight is 380 g/mol. The Morgan fingerprint density at radius 3 is 2.46 bits per heavy atom. The molecule has 2 amide bonds. The maximum Gasteiger partial charge on any atom is 0.254 e. The van der Waals surface area contributed by atoms with Gasteiger partial charge >= 0.3 is 0 Å². The van der Waals surface area contributed by atoms with E-state index in [0.717, 1.165) is 24.2 Å². The van der Waals surface area contributed by atoms with Crippen LogP contribution < -0.4 is 4.90 Å². The van der Waals surface area contributed by atoms with Gasteiger partial charge in [0.25, 0.3) is 5.91 Å². The van der Waals surface area contributed by atoms with Gasteiger partial charge in [0, 0.05) is 30.8 Å². The van der Waals surface area contributed by atoms with Gasteiger partial charge in [0.1, 0.15) is 6.10 Å². The van der Waals surface area contributed by atoms with Gasteiger partial charge in [-0.3, -0.25) is 9.59 Å². The van der Waals surface area contributed by atoms with Crippen LogP contribution in [0, 0.1) is 0 Å². The molecule has 2 heterocycles. The number of anilines is 1. The van der Waals surface area contributed by atoms with Gasteiger partial charge in [-0.1, -0.05) is 30.3 Å². The Hall–Kier alpha value is -2.70. The lowest BCUT2D eigenvalue weighted by atomic mass is 9.97. The third-order valence-electron chi connectivity index (χ3n) is 5.43. The van der Waals surface area contributed by atoms with Crippen molar-refractivity contribution >= 4 is 17.5 Å². The van der Waals surface area contributed by atoms with E-state index in [1.54, 1.807) is 21.9 Å². The number of aliphatic hydroxyl groups is 1. The van der Waals surface area contributed by atoms with E-state index < -0.39 is 6.10 Å². The summed E-state index contributed by atoms with van der Waals surface area (Å²) in [7, 11) is 0. The highest BCUT2D eigenvalue weighted by Crippen LogP contribution is 2.31. The summed E-state index contributed by atoms with van der Waals surface area (Å²) in [5, 5.41) is 9.77. The number of carbonyl (C=O) groups excluding carboxylic acids is 2. The zero-order valence-corrected chi connectivity index (χ0v) is 15.7. The number of aliphatic hydroxyl groups excluding tert-OH is 1. The number of ether oxygens (including phenoxy) is 1. The first-order chi connectivity index (χ1) is 13.7. The van der Waals surface area contributed by atoms with E-state index in [4.69, 9.17) is 4.74 Å². The lowest BCUT2D eigenvalue weighted by Crippen LogP contribution is -2.49. The second-order valence-electron chi connectivity index (χ2n) is 7.14. The SMILES string of the molecule is O=C1CCCN1c1ccc(C(=O)N2CCOC(CO)C2c2ccccc2)cc1. The number of morpholine rings is 1. The minimum absolute atomic E-state index is 0.102. The zero-order chi connectivity index (χ0) is 19.5. The number of nitrogens with zero attached hydrogens (tertiary/aromatic N) is 2. The molecule has 2 aliphatic rings. The Kier molecular flexibility index (Phi) is 5.41. The van der Waals surface area contributed by atoms with Crippen LogP contribution in [-0.2, 0) is 9.53 Å². The zero-order valence-electron chi connectivity index (χ0n) is 15.7. The van der Waals surface area contributed by atoms with E-state index in [1.165, 1.54) is 0 Å². The van der Waals surface area contributed by atoms with Gasteiger partial charge in [0.05, 0.1) is 19.3 Å². The molecule has 0 radical (unpaired) electrons. The molecule has 2 atom stereocenters. The van der Waals surface area contributed by atoms with Crippen LogP contribution in [-0.4, -0.2) is 54.2 Å². The Balaban J connectivity index is 1.59. The lowest BCUT2D eigenvalue weighted by Gasteiger charge is -2.41. The molecule has 2 fully saturated rings. The van der Waals surface area contributed by atoms with Crippen molar-refractivity contribution in [3.05, 3.63) is 65.7 Å². The van der Waals surface area contributed by atoms with Gasteiger partial charge in [-0.15, -0.1) is 0 Å². The molecule has 2 unspecified atom stereocenters. The summed E-state index contributed by atoms with van der Waals surface area (Å²) in [6, 6.07) is 16.5. The molecule has 28 heavy (non-hydrogen) atoms. The molecule has 6 nitrogen and oxygen atoms in total. The van der Waals surface area contributed by atoms with Crippen LogP contribution >= 0.6 is 0 Å². The number of amides is 2. The van der Waals surface area contributed by atoms with Crippen molar-refractivity contribution in [2.24, 2.45) is 0 Å². The van der Waals surface area contributed by atoms with E-state index >= 15 is 0 Å². The molecule has 1 N–H and O–H groups in total. The topological polar surface area (TPSA) is 70.1 Å². The fraction of sp³-hybridized carbons (Fsp3) is 0.364. The largest absolute Gasteiger partial charge is 0.394 e. The minimum atomic E-state index is -0.457. The average Bonchev–Trinajstić information content (AvgIpc) is 3.19. The van der Waals surface area contributed by atoms with Crippen LogP contribution in [0.3, 0.4) is 0 Å². The third-order valence-corrected chi connectivity index (χ3v) is 5.43. The number of benzene rings is 2. The second kappa shape index (κ2) is 8.12. The molecule has 2 aliphatic heterocycles. The molecule has 2 saturated heterocycles. The molecular weight excluding hydrogens is 356 g/mol. The Morgan fingerprint density at radius 1 is 1.07 bits per heavy atom. The van der Waals surface area contributed by atoms with Crippen molar-refractivity contribution in [1.29, 1.82) is 0 Å². The summed E-state index contributed by atoms with van der Waals surface area (Å²) < 4.78 is 5.72. The molecule has 0 aliphatic carbocycles. The van der Waals surface area contributed by atoms with Gasteiger partial charge in [-0.05, 0) is 36.2 Å². The summed E-state index contributed by atoms with van der Waals surface area (Å²) in [6.07, 6.45) is 0.992. The van der Waals surface area contributed by atoms with Crippen LogP contribution in [0.2, 0.25) is 0 Å². The summed E-state index contributed by atoms with van der Waals surface area (Å²) in [6.45, 7) is 1.42. The smallest absolute Gasteiger partial charge is 0.254 e. The molecule has 2 aromatic carbocycles. The number of hydrogen-bond donors (Lipinski definition) is 1. The minimum Gasteiger partial charge on any atom is -0.394 e. The summed E-state index contributed by atoms with van der Waals surface area (Å²) in [5.41, 5.74) is 2.33. The highest BCUT2D eigenvalue weighted by Gasteiger charge is 2.36. The Labute approximate surface area is 164 Å². The Morgan fingerprint density at radius 2 is 1.82 bits per heavy atom. The number of hydrogen-bond acceptors (Lipinski definition) is 4. The van der Waals surface area contributed by atoms with Crippen molar-refractivity contribution in [2.45, 2.75) is 25.0 Å². The maximum absolute atomic E-state index is 13.3. The molecule has 146 valence electrons. The van der Waals surface area contributed by atoms with E-state index in [1.807, 2.05) is 42.5 Å². The van der Waals surface area contributed by atoms with Crippen molar-refractivity contribution in [2.75, 3.05) is 31.2 Å². The lowest BCUT2D eigenvalue weighted by molar-refractivity contribution is -0.117. The van der Waals surface area contributed by atoms with Crippen molar-refractivity contribution in [1.82, 2.24) is 4.90 Å². The van der Waals surface area contributed by atoms with Crippen LogP contribution in [0.1, 0.15) is 34.8 Å². The molecule has 0 aromatic heterocycles. The molecule has 6 heteroatoms. The first kappa shape index (κ1) is 18.7. The van der Waals surface area contributed by atoms with Crippen molar-refractivity contribution < 1.29 is 19.4 Å². The molecule has 0 spiro atoms. The fourth-order valence-corrected chi connectivity index (χ4v) is 4.03. The molecule has 0 saturated carbocycles. The van der Waals surface area contributed by atoms with Crippen LogP contribution in [0.4, 0.5) is 5.69 Å². The summed E-state index contributed by atoms with van der Waals surface area (Å²) in [5.74, 6) is 0.0251. The normalized spacial score (nSPS) is 22.5. The molecule has 2 aromatic rings. The van der Waals surface area contributed by atoms with Crippen LogP contribution in [0.25, 0.3) is 0 Å². The van der Waals surface area contributed by atoms with Gasteiger partial charge < -0.3 is 19.6 Å². The van der Waals surface area contributed by atoms with Crippen molar-refractivity contribution in [3.63, 3.8) is 0 Å². The molecular formula is C22H24N2O4. The van der Waals surface area contributed by atoms with Gasteiger partial charge in [-0.2, -0.15) is 0 Å². The third kappa shape index (κ3) is 3.53. The fourth-order valence-electron chi connectivity index (χ4n) is 4.03. The monoisotopic (exact) mass is 380 g/mol. The van der Waals surface area contributed by atoms with Crippen LogP contribution in [0.15, 0.2) is 54.6 Å². The van der Waals surface area contributed by atoms with Crippen molar-refractivity contribution in [3.8, 4) is 0 Å². The maximum atomic E-state index is 13.3. The number of rotatable bonds is 4. The Bertz CT molecular complexity index is 837. The number of carbonyl (C=O) groups is 2. The quantitative estimate of drug-likeness (QED) is 0.884. The predicted molar refractivity (Wildman–Crippen MR) is 105 cm³/mol. The van der Waals surface area contributed by atoms with Gasteiger partial charge in [0.15, 0.2) is 0 Å². The molecule has 0 bridgehead atoms. The first-order valence-corrected chi connectivity index (χ1v) is 9.68. The highest BCUT2D eigenvalue weighted by molar-refractivity contribution is 5.97. The van der Waals surface area contributed by atoms with E-state index in [9.17, 15) is 14.7 Å². The van der Waals surface area contributed by atoms with Gasteiger partial charge in [-0.25, -0.2) is 0 Å². The van der Waals surface area contributed by atoms with Gasteiger partial charge in [0.2, 0.25) is 5.91 Å². The van der Waals surface area contributed by atoms with E-state index in [-0.39, 0.29) is 24.5 Å². The van der Waals surface area contributed by atoms with E-state index in [2.05, 4.69) is 0 Å². The summed E-state index contributed by atoms with van der Waals surface area (Å²) >= 11 is 0. The van der Waals surface area contributed by atoms with E-state index in [0.29, 0.717) is 25.1 Å². The molecule has 4 rings (SSSR count). The first-order valence-electron chi connectivity index (χ1n) is 9.68. The second-order valence-corrected chi connectivity index (χ2v) is 7.14. The standard InChI is InChI=1S/C22H24N2O4/c25-15-19-21(16-5-2-1-3-6-16)24(13-14-28-19)22(27)17-8-10-18(11-9-17)23-12-4-7-20(23)26/h1-3,5-6,8-11,19,21,25H,4,7,12-15H2.